The molecule has 7 nitrogen and oxygen atoms in total. The van der Waals surface area contributed by atoms with E-state index in [2.05, 4.69) is 12.2 Å². The van der Waals surface area contributed by atoms with Crippen LogP contribution in [0.2, 0.25) is 0 Å². The summed E-state index contributed by atoms with van der Waals surface area (Å²) in [4.78, 5) is 42.2. The number of likely N-dealkylation sites (N-methyl/N-ethyl adjacent to an activating group) is 1. The molecule has 2 fully saturated rings. The SMILES string of the molecule is CCCC[C@H]1C(=O)N([C@@H](CCCCN)C(=O)C2CCNCC2)CC(=O)N1C. The van der Waals surface area contributed by atoms with Crippen LogP contribution in [0, 0.1) is 5.92 Å². The molecule has 27 heavy (non-hydrogen) atoms. The number of amides is 2. The van der Waals surface area contributed by atoms with Crippen molar-refractivity contribution in [3.05, 3.63) is 0 Å². The minimum absolute atomic E-state index is 0.0158. The second kappa shape index (κ2) is 10.8. The number of nitrogens with two attached hydrogens (primary N) is 1. The third-order valence-corrected chi connectivity index (χ3v) is 5.94. The van der Waals surface area contributed by atoms with Crippen molar-refractivity contribution in [3.63, 3.8) is 0 Å². The number of carbonyl (C=O) groups is 3. The van der Waals surface area contributed by atoms with Gasteiger partial charge in [-0.2, -0.15) is 0 Å². The molecule has 2 rings (SSSR count). The molecule has 0 unspecified atom stereocenters. The van der Waals surface area contributed by atoms with E-state index in [1.54, 1.807) is 16.8 Å². The number of carbonyl (C=O) groups excluding carboxylic acids is 3. The maximum atomic E-state index is 13.3. The monoisotopic (exact) mass is 380 g/mol. The highest BCUT2D eigenvalue weighted by molar-refractivity contribution is 5.98. The van der Waals surface area contributed by atoms with Gasteiger partial charge in [-0.1, -0.05) is 19.8 Å². The van der Waals surface area contributed by atoms with E-state index >= 15 is 0 Å². The van der Waals surface area contributed by atoms with Crippen LogP contribution in [0.5, 0.6) is 0 Å². The number of hydrogen-bond donors (Lipinski definition) is 2. The lowest BCUT2D eigenvalue weighted by Crippen LogP contribution is -2.62. The Morgan fingerprint density at radius 3 is 2.56 bits per heavy atom. The summed E-state index contributed by atoms with van der Waals surface area (Å²) in [6, 6.07) is -0.932. The van der Waals surface area contributed by atoms with Gasteiger partial charge >= 0.3 is 0 Å². The van der Waals surface area contributed by atoms with Crippen LogP contribution in [0.3, 0.4) is 0 Å². The van der Waals surface area contributed by atoms with E-state index in [1.165, 1.54) is 0 Å². The van der Waals surface area contributed by atoms with Crippen molar-refractivity contribution < 1.29 is 14.4 Å². The Hall–Kier alpha value is -1.47. The summed E-state index contributed by atoms with van der Waals surface area (Å²) in [5.74, 6) is -0.0255. The fourth-order valence-electron chi connectivity index (χ4n) is 4.16. The molecule has 0 spiro atoms. The zero-order chi connectivity index (χ0) is 19.8. The second-order valence-corrected chi connectivity index (χ2v) is 7.86. The molecule has 0 aromatic carbocycles. The molecule has 2 aliphatic rings. The van der Waals surface area contributed by atoms with Crippen LogP contribution in [0.15, 0.2) is 0 Å². The largest absolute Gasteiger partial charge is 0.332 e. The van der Waals surface area contributed by atoms with Gasteiger partial charge in [0.05, 0.1) is 6.04 Å². The van der Waals surface area contributed by atoms with E-state index < -0.39 is 12.1 Å². The van der Waals surface area contributed by atoms with Crippen molar-refractivity contribution in [2.75, 3.05) is 33.2 Å². The van der Waals surface area contributed by atoms with Crippen LogP contribution in [0.4, 0.5) is 0 Å². The predicted molar refractivity (Wildman–Crippen MR) is 105 cm³/mol. The second-order valence-electron chi connectivity index (χ2n) is 7.86. The van der Waals surface area contributed by atoms with Gasteiger partial charge in [0.15, 0.2) is 5.78 Å². The zero-order valence-electron chi connectivity index (χ0n) is 16.9. The smallest absolute Gasteiger partial charge is 0.246 e. The zero-order valence-corrected chi connectivity index (χ0v) is 16.9. The van der Waals surface area contributed by atoms with Gasteiger partial charge in [0.25, 0.3) is 0 Å². The molecule has 2 atom stereocenters. The van der Waals surface area contributed by atoms with E-state index in [-0.39, 0.29) is 30.1 Å². The summed E-state index contributed by atoms with van der Waals surface area (Å²) in [7, 11) is 1.70. The first kappa shape index (κ1) is 21.8. The average molecular weight is 381 g/mol. The van der Waals surface area contributed by atoms with E-state index in [4.69, 9.17) is 5.73 Å². The Morgan fingerprint density at radius 2 is 1.93 bits per heavy atom. The fourth-order valence-corrected chi connectivity index (χ4v) is 4.16. The van der Waals surface area contributed by atoms with E-state index in [1.807, 2.05) is 0 Å². The molecule has 2 amide bonds. The van der Waals surface area contributed by atoms with E-state index in [0.717, 1.165) is 51.6 Å². The van der Waals surface area contributed by atoms with Gasteiger partial charge in [-0.3, -0.25) is 14.4 Å². The number of nitrogens with one attached hydrogen (secondary N) is 1. The molecular weight excluding hydrogens is 344 g/mol. The van der Waals surface area contributed by atoms with Gasteiger partial charge in [0, 0.05) is 13.0 Å². The van der Waals surface area contributed by atoms with Crippen molar-refractivity contribution in [2.24, 2.45) is 11.7 Å². The number of piperazine rings is 1. The first-order valence-corrected chi connectivity index (χ1v) is 10.5. The third kappa shape index (κ3) is 5.51. The van der Waals surface area contributed by atoms with Crippen LogP contribution >= 0.6 is 0 Å². The predicted octanol–water partition coefficient (Wildman–Crippen LogP) is 0.912. The van der Waals surface area contributed by atoms with Gasteiger partial charge in [-0.05, 0) is 58.2 Å². The first-order chi connectivity index (χ1) is 13.0. The number of rotatable bonds is 10. The third-order valence-electron chi connectivity index (χ3n) is 5.94. The van der Waals surface area contributed by atoms with Crippen LogP contribution in [0.1, 0.15) is 58.3 Å². The van der Waals surface area contributed by atoms with Gasteiger partial charge in [-0.15, -0.1) is 0 Å². The fraction of sp³-hybridized carbons (Fsp3) is 0.850. The summed E-state index contributed by atoms with van der Waals surface area (Å²) in [5, 5.41) is 3.28. The summed E-state index contributed by atoms with van der Waals surface area (Å²) in [5.41, 5.74) is 5.62. The average Bonchev–Trinajstić information content (AvgIpc) is 2.69. The molecule has 154 valence electrons. The lowest BCUT2D eigenvalue weighted by molar-refractivity contribution is -0.159. The number of unbranched alkanes of at least 4 members (excludes halogenated alkanes) is 2. The molecule has 2 heterocycles. The molecule has 0 aromatic heterocycles. The van der Waals surface area contributed by atoms with Gasteiger partial charge in [0.2, 0.25) is 11.8 Å². The number of nitrogens with zero attached hydrogens (tertiary/aromatic N) is 2. The molecule has 0 aromatic rings. The molecule has 0 bridgehead atoms. The minimum Gasteiger partial charge on any atom is -0.332 e. The highest BCUT2D eigenvalue weighted by Gasteiger charge is 2.43. The molecule has 7 heteroatoms. The van der Waals surface area contributed by atoms with Crippen LogP contribution in [0.25, 0.3) is 0 Å². The maximum Gasteiger partial charge on any atom is 0.246 e. The Kier molecular flexibility index (Phi) is 8.70. The summed E-state index contributed by atoms with van der Waals surface area (Å²) < 4.78 is 0. The molecule has 0 saturated carbocycles. The van der Waals surface area contributed by atoms with Gasteiger partial charge in [0.1, 0.15) is 12.6 Å². The molecule has 3 N–H and O–H groups in total. The number of piperidine rings is 1. The highest BCUT2D eigenvalue weighted by Crippen LogP contribution is 2.25. The van der Waals surface area contributed by atoms with E-state index in [9.17, 15) is 14.4 Å². The van der Waals surface area contributed by atoms with Crippen LogP contribution < -0.4 is 11.1 Å². The minimum atomic E-state index is -0.492. The Bertz CT molecular complexity index is 519. The number of Topliss-reactive ketones (excluding diaryl/α,β-unsaturated/α-hetero) is 1. The quantitative estimate of drug-likeness (QED) is 0.549. The van der Waals surface area contributed by atoms with Crippen molar-refractivity contribution >= 4 is 17.6 Å². The van der Waals surface area contributed by atoms with Crippen LogP contribution in [-0.2, 0) is 14.4 Å². The molecule has 2 aliphatic heterocycles. The molecule has 0 radical (unpaired) electrons. The Morgan fingerprint density at radius 1 is 1.22 bits per heavy atom. The molecule has 0 aliphatic carbocycles. The van der Waals surface area contributed by atoms with Crippen molar-refractivity contribution in [2.45, 2.75) is 70.4 Å². The topological polar surface area (TPSA) is 95.7 Å². The van der Waals surface area contributed by atoms with Gasteiger partial charge < -0.3 is 20.9 Å². The van der Waals surface area contributed by atoms with Crippen molar-refractivity contribution in [1.82, 2.24) is 15.1 Å². The van der Waals surface area contributed by atoms with Crippen LogP contribution in [-0.4, -0.2) is 72.7 Å². The van der Waals surface area contributed by atoms with Gasteiger partial charge in [-0.25, -0.2) is 0 Å². The van der Waals surface area contributed by atoms with E-state index in [0.29, 0.717) is 19.4 Å². The number of ketones is 1. The Balaban J connectivity index is 2.19. The maximum absolute atomic E-state index is 13.3. The lowest BCUT2D eigenvalue weighted by Gasteiger charge is -2.42. The summed E-state index contributed by atoms with van der Waals surface area (Å²) in [6.45, 7) is 4.33. The number of hydrogen-bond acceptors (Lipinski definition) is 5. The standard InChI is InChI=1S/C20H36N4O3/c1-3-4-7-17-20(27)24(14-18(25)23(17)2)16(8-5-6-11-21)19(26)15-9-12-22-13-10-15/h15-17,22H,3-14,21H2,1-2H3/t16-,17-/m0/s1. The molecule has 2 saturated heterocycles. The highest BCUT2D eigenvalue weighted by atomic mass is 16.2. The molecular formula is C20H36N4O3. The normalized spacial score (nSPS) is 23.0. The summed E-state index contributed by atoms with van der Waals surface area (Å²) >= 11 is 0. The Labute approximate surface area is 163 Å². The van der Waals surface area contributed by atoms with Crippen molar-refractivity contribution in [3.8, 4) is 0 Å². The summed E-state index contributed by atoms with van der Waals surface area (Å²) in [6.07, 6.45) is 6.36. The van der Waals surface area contributed by atoms with Crippen molar-refractivity contribution in [1.29, 1.82) is 0 Å². The lowest BCUT2D eigenvalue weighted by atomic mass is 9.86. The first-order valence-electron chi connectivity index (χ1n) is 10.5.